The number of carboxylic acid groups (broad SMARTS) is 1. The first kappa shape index (κ1) is 14.4. The van der Waals surface area contributed by atoms with E-state index in [-0.39, 0.29) is 15.5 Å². The summed E-state index contributed by atoms with van der Waals surface area (Å²) in [7, 11) is -4.08. The molecular formula is C10H9ClN2O4S. The molecule has 0 unspecified atom stereocenters. The largest absolute Gasteiger partial charge is 0.480 e. The van der Waals surface area contributed by atoms with Gasteiger partial charge in [-0.3, -0.25) is 4.79 Å². The molecule has 0 aromatic heterocycles. The third kappa shape index (κ3) is 3.20. The molecule has 6 nitrogen and oxygen atoms in total. The van der Waals surface area contributed by atoms with Gasteiger partial charge in [-0.15, -0.1) is 0 Å². The van der Waals surface area contributed by atoms with E-state index in [4.69, 9.17) is 22.0 Å². The van der Waals surface area contributed by atoms with Crippen LogP contribution in [0.3, 0.4) is 0 Å². The van der Waals surface area contributed by atoms with Gasteiger partial charge in [0.15, 0.2) is 0 Å². The summed E-state index contributed by atoms with van der Waals surface area (Å²) in [6.45, 7) is 1.18. The van der Waals surface area contributed by atoms with E-state index in [1.165, 1.54) is 19.1 Å². The monoisotopic (exact) mass is 288 g/mol. The van der Waals surface area contributed by atoms with E-state index in [2.05, 4.69) is 0 Å². The van der Waals surface area contributed by atoms with Gasteiger partial charge in [0.2, 0.25) is 10.0 Å². The van der Waals surface area contributed by atoms with Gasteiger partial charge in [0, 0.05) is 0 Å². The summed E-state index contributed by atoms with van der Waals surface area (Å²) in [5, 5.41) is 17.3. The van der Waals surface area contributed by atoms with E-state index in [0.717, 1.165) is 6.07 Å². The molecule has 0 saturated carbocycles. The van der Waals surface area contributed by atoms with E-state index in [0.29, 0.717) is 0 Å². The fraction of sp³-hybridized carbons (Fsp3) is 0.200. The summed E-state index contributed by atoms with van der Waals surface area (Å²) < 4.78 is 25.7. The van der Waals surface area contributed by atoms with Crippen LogP contribution in [0.4, 0.5) is 0 Å². The van der Waals surface area contributed by atoms with Crippen molar-refractivity contribution in [3.05, 3.63) is 28.8 Å². The molecule has 0 heterocycles. The predicted molar refractivity (Wildman–Crippen MR) is 63.6 cm³/mol. The molecule has 0 fully saturated rings. The zero-order valence-corrected chi connectivity index (χ0v) is 10.8. The molecule has 0 radical (unpaired) electrons. The number of nitriles is 1. The van der Waals surface area contributed by atoms with Crippen LogP contribution in [0, 0.1) is 11.3 Å². The molecule has 2 N–H and O–H groups in total. The third-order valence-electron chi connectivity index (χ3n) is 2.05. The maximum atomic E-state index is 11.9. The molecule has 18 heavy (non-hydrogen) atoms. The van der Waals surface area contributed by atoms with Crippen LogP contribution in [0.5, 0.6) is 0 Å². The van der Waals surface area contributed by atoms with Crippen LogP contribution < -0.4 is 4.72 Å². The highest BCUT2D eigenvalue weighted by molar-refractivity contribution is 7.89. The highest BCUT2D eigenvalue weighted by Gasteiger charge is 2.24. The number of hydrogen-bond donors (Lipinski definition) is 2. The van der Waals surface area contributed by atoms with Crippen molar-refractivity contribution in [1.29, 1.82) is 5.26 Å². The van der Waals surface area contributed by atoms with E-state index in [1.54, 1.807) is 6.07 Å². The molecule has 0 amide bonds. The predicted octanol–water partition coefficient (Wildman–Crippen LogP) is 0.963. The van der Waals surface area contributed by atoms with Crippen LogP contribution >= 0.6 is 11.6 Å². The summed E-state index contributed by atoms with van der Waals surface area (Å²) in [6, 6.07) is 4.19. The molecule has 0 aliphatic heterocycles. The highest BCUT2D eigenvalue weighted by atomic mass is 35.5. The molecule has 96 valence electrons. The van der Waals surface area contributed by atoms with Gasteiger partial charge in [0.05, 0.1) is 16.7 Å². The first-order chi connectivity index (χ1) is 8.27. The molecule has 1 atom stereocenters. The van der Waals surface area contributed by atoms with Crippen molar-refractivity contribution in [2.45, 2.75) is 17.9 Å². The quantitative estimate of drug-likeness (QED) is 0.858. The van der Waals surface area contributed by atoms with Crippen LogP contribution in [0.2, 0.25) is 5.02 Å². The van der Waals surface area contributed by atoms with E-state index in [9.17, 15) is 13.2 Å². The summed E-state index contributed by atoms with van der Waals surface area (Å²) in [6.07, 6.45) is 0. The molecule has 8 heteroatoms. The standard InChI is InChI=1S/C10H9ClN2O4S/c1-6(10(14)15)13-18(16,17)9-4-7(5-12)2-3-8(9)11/h2-4,6,13H,1H3,(H,14,15)/t6-/m0/s1. The SMILES string of the molecule is C[C@H](NS(=O)(=O)c1cc(C#N)ccc1Cl)C(=O)O. The topological polar surface area (TPSA) is 107 Å². The van der Waals surface area contributed by atoms with Gasteiger partial charge >= 0.3 is 5.97 Å². The minimum Gasteiger partial charge on any atom is -0.480 e. The summed E-state index contributed by atoms with van der Waals surface area (Å²) in [4.78, 5) is 10.3. The lowest BCUT2D eigenvalue weighted by atomic mass is 10.2. The Bertz CT molecular complexity index is 621. The number of rotatable bonds is 4. The normalized spacial score (nSPS) is 12.7. The Hall–Kier alpha value is -1.62. The second kappa shape index (κ2) is 5.35. The second-order valence-electron chi connectivity index (χ2n) is 3.44. The van der Waals surface area contributed by atoms with E-state index in [1.807, 2.05) is 4.72 Å². The average molecular weight is 289 g/mol. The van der Waals surface area contributed by atoms with Crippen LogP contribution in [0.15, 0.2) is 23.1 Å². The number of sulfonamides is 1. The number of carbonyl (C=O) groups is 1. The van der Waals surface area contributed by atoms with Gasteiger partial charge in [-0.05, 0) is 25.1 Å². The lowest BCUT2D eigenvalue weighted by Crippen LogP contribution is -2.38. The Kier molecular flexibility index (Phi) is 4.29. The van der Waals surface area contributed by atoms with Gasteiger partial charge in [-0.1, -0.05) is 11.6 Å². The zero-order chi connectivity index (χ0) is 13.9. The van der Waals surface area contributed by atoms with Crippen LogP contribution in [0.1, 0.15) is 12.5 Å². The number of aliphatic carboxylic acids is 1. The molecule has 0 spiro atoms. The Morgan fingerprint density at radius 1 is 1.56 bits per heavy atom. The van der Waals surface area contributed by atoms with Crippen molar-refractivity contribution < 1.29 is 18.3 Å². The first-order valence-electron chi connectivity index (χ1n) is 4.72. The number of benzene rings is 1. The van der Waals surface area contributed by atoms with Crippen LogP contribution in [0.25, 0.3) is 0 Å². The van der Waals surface area contributed by atoms with E-state index >= 15 is 0 Å². The lowest BCUT2D eigenvalue weighted by Gasteiger charge is -2.11. The number of carboxylic acids is 1. The Labute approximate surface area is 109 Å². The molecule has 0 saturated heterocycles. The molecule has 1 aromatic rings. The van der Waals surface area contributed by atoms with E-state index < -0.39 is 22.0 Å². The third-order valence-corrected chi connectivity index (χ3v) is 4.07. The summed E-state index contributed by atoms with van der Waals surface area (Å²) in [5.41, 5.74) is 0.114. The molecule has 0 aliphatic rings. The van der Waals surface area contributed by atoms with Gasteiger partial charge in [0.25, 0.3) is 0 Å². The zero-order valence-electron chi connectivity index (χ0n) is 9.21. The maximum Gasteiger partial charge on any atom is 0.321 e. The summed E-state index contributed by atoms with van der Waals surface area (Å²) >= 11 is 5.72. The molecule has 0 bridgehead atoms. The van der Waals surface area contributed by atoms with Gasteiger partial charge in [-0.25, -0.2) is 8.42 Å². The van der Waals surface area contributed by atoms with Crippen LogP contribution in [-0.2, 0) is 14.8 Å². The molecule has 1 aromatic carbocycles. The first-order valence-corrected chi connectivity index (χ1v) is 6.59. The molecule has 1 rings (SSSR count). The Morgan fingerprint density at radius 2 is 2.17 bits per heavy atom. The fourth-order valence-electron chi connectivity index (χ4n) is 1.13. The lowest BCUT2D eigenvalue weighted by molar-refractivity contribution is -0.138. The number of nitrogens with zero attached hydrogens (tertiary/aromatic N) is 1. The van der Waals surface area contributed by atoms with Crippen molar-refractivity contribution in [1.82, 2.24) is 4.72 Å². The fourth-order valence-corrected chi connectivity index (χ4v) is 2.85. The summed E-state index contributed by atoms with van der Waals surface area (Å²) in [5.74, 6) is -1.31. The minimum absolute atomic E-state index is 0.0842. The molecular weight excluding hydrogens is 280 g/mol. The van der Waals surface area contributed by atoms with Crippen molar-refractivity contribution >= 4 is 27.6 Å². The van der Waals surface area contributed by atoms with Crippen molar-refractivity contribution in [3.8, 4) is 6.07 Å². The number of hydrogen-bond acceptors (Lipinski definition) is 4. The van der Waals surface area contributed by atoms with Crippen molar-refractivity contribution in [3.63, 3.8) is 0 Å². The number of nitrogens with one attached hydrogen (secondary N) is 1. The van der Waals surface area contributed by atoms with Gasteiger partial charge < -0.3 is 5.11 Å². The minimum atomic E-state index is -4.08. The maximum absolute atomic E-state index is 11.9. The van der Waals surface area contributed by atoms with Crippen molar-refractivity contribution in [2.24, 2.45) is 0 Å². The second-order valence-corrected chi connectivity index (χ2v) is 5.53. The van der Waals surface area contributed by atoms with Gasteiger partial charge in [-0.2, -0.15) is 9.98 Å². The molecule has 0 aliphatic carbocycles. The average Bonchev–Trinajstić information content (AvgIpc) is 2.28. The number of halogens is 1. The van der Waals surface area contributed by atoms with Crippen molar-refractivity contribution in [2.75, 3.05) is 0 Å². The smallest absolute Gasteiger partial charge is 0.321 e. The van der Waals surface area contributed by atoms with Gasteiger partial charge in [0.1, 0.15) is 10.9 Å². The van der Waals surface area contributed by atoms with Crippen LogP contribution in [-0.4, -0.2) is 25.5 Å². The highest BCUT2D eigenvalue weighted by Crippen LogP contribution is 2.22. The Morgan fingerprint density at radius 3 is 2.67 bits per heavy atom. The Balaban J connectivity index is 3.21.